The average molecular weight is 399 g/mol. The molecule has 8 heteroatoms. The van der Waals surface area contributed by atoms with Gasteiger partial charge in [0.2, 0.25) is 6.79 Å². The highest BCUT2D eigenvalue weighted by molar-refractivity contribution is 5.44. The van der Waals surface area contributed by atoms with Gasteiger partial charge < -0.3 is 9.47 Å². The molecular weight excluding hydrogens is 368 g/mol. The highest BCUT2D eigenvalue weighted by Crippen LogP contribution is 2.33. The maximum Gasteiger partial charge on any atom is 0.231 e. The highest BCUT2D eigenvalue weighted by Gasteiger charge is 2.31. The monoisotopic (exact) mass is 398 g/mol. The molecule has 156 valence electrons. The number of hydrogen-bond acceptors (Lipinski definition) is 7. The van der Waals surface area contributed by atoms with Gasteiger partial charge in [0.1, 0.15) is 0 Å². The summed E-state index contributed by atoms with van der Waals surface area (Å²) in [6.07, 6.45) is 6.56. The Morgan fingerprint density at radius 1 is 1.07 bits per heavy atom. The van der Waals surface area contributed by atoms with Gasteiger partial charge in [-0.1, -0.05) is 25.8 Å². The lowest BCUT2D eigenvalue weighted by Crippen LogP contribution is -2.50. The predicted molar refractivity (Wildman–Crippen MR) is 108 cm³/mol. The van der Waals surface area contributed by atoms with Crippen LogP contribution in [0.5, 0.6) is 11.5 Å². The number of hydrogen-bond donors (Lipinski definition) is 0. The molecule has 29 heavy (non-hydrogen) atoms. The van der Waals surface area contributed by atoms with E-state index in [-0.39, 0.29) is 6.04 Å². The molecule has 1 aromatic carbocycles. The van der Waals surface area contributed by atoms with E-state index in [1.165, 1.54) is 25.7 Å². The van der Waals surface area contributed by atoms with Crippen molar-refractivity contribution in [3.8, 4) is 11.5 Å². The summed E-state index contributed by atoms with van der Waals surface area (Å²) < 4.78 is 12.9. The third-order valence-corrected chi connectivity index (χ3v) is 6.64. The van der Waals surface area contributed by atoms with E-state index in [4.69, 9.17) is 9.47 Å². The zero-order chi connectivity index (χ0) is 19.6. The van der Waals surface area contributed by atoms with Crippen molar-refractivity contribution in [3.05, 3.63) is 29.6 Å². The maximum absolute atomic E-state index is 5.51. The molecule has 0 N–H and O–H groups in total. The average Bonchev–Trinajstić information content (AvgIpc) is 3.51. The fourth-order valence-corrected chi connectivity index (χ4v) is 5.06. The van der Waals surface area contributed by atoms with Crippen LogP contribution in [0.25, 0.3) is 0 Å². The van der Waals surface area contributed by atoms with Gasteiger partial charge in [-0.2, -0.15) is 0 Å². The Labute approximate surface area is 171 Å². The third-order valence-electron chi connectivity index (χ3n) is 6.64. The summed E-state index contributed by atoms with van der Waals surface area (Å²) >= 11 is 0. The van der Waals surface area contributed by atoms with Crippen LogP contribution in [0.15, 0.2) is 18.2 Å². The van der Waals surface area contributed by atoms with E-state index in [0.717, 1.165) is 61.5 Å². The van der Waals surface area contributed by atoms with Gasteiger partial charge in [-0.25, -0.2) is 4.68 Å². The number of aromatic nitrogens is 4. The number of fused-ring (bicyclic) bond motifs is 1. The van der Waals surface area contributed by atoms with E-state index < -0.39 is 0 Å². The molecule has 2 aromatic rings. The van der Waals surface area contributed by atoms with Crippen LogP contribution in [0.1, 0.15) is 56.5 Å². The van der Waals surface area contributed by atoms with Crippen molar-refractivity contribution >= 4 is 0 Å². The van der Waals surface area contributed by atoms with Gasteiger partial charge in [0.15, 0.2) is 17.3 Å². The van der Waals surface area contributed by atoms with Crippen LogP contribution in [0.4, 0.5) is 0 Å². The molecule has 0 spiro atoms. The second-order valence-electron chi connectivity index (χ2n) is 8.32. The molecule has 8 nitrogen and oxygen atoms in total. The first-order valence-corrected chi connectivity index (χ1v) is 10.9. The van der Waals surface area contributed by atoms with Crippen LogP contribution in [-0.4, -0.2) is 69.0 Å². The van der Waals surface area contributed by atoms with E-state index >= 15 is 0 Å². The van der Waals surface area contributed by atoms with Gasteiger partial charge in [-0.3, -0.25) is 9.80 Å². The Balaban J connectivity index is 1.27. The molecule has 1 saturated heterocycles. The second kappa shape index (κ2) is 8.28. The third kappa shape index (κ3) is 3.83. The summed E-state index contributed by atoms with van der Waals surface area (Å²) in [6.45, 7) is 7.65. The minimum Gasteiger partial charge on any atom is -0.454 e. The predicted octanol–water partition coefficient (Wildman–Crippen LogP) is 2.46. The van der Waals surface area contributed by atoms with Crippen molar-refractivity contribution < 1.29 is 9.47 Å². The van der Waals surface area contributed by atoms with Gasteiger partial charge in [0, 0.05) is 32.2 Å². The topological polar surface area (TPSA) is 68.5 Å². The Bertz CT molecular complexity index is 826. The summed E-state index contributed by atoms with van der Waals surface area (Å²) in [4.78, 5) is 5.26. The Hall–Kier alpha value is -2.19. The van der Waals surface area contributed by atoms with Gasteiger partial charge in [-0.05, 0) is 47.4 Å². The van der Waals surface area contributed by atoms with Crippen molar-refractivity contribution in [2.24, 2.45) is 0 Å². The number of tetrazole rings is 1. The standard InChI is InChI=1S/C21H30N6O2/c1-2-18(26-11-9-25(10-12-26)17-5-3-4-6-17)21-22-23-24-27(21)14-16-7-8-19-20(13-16)29-15-28-19/h7-8,13,17-18H,2-6,9-12,14-15H2,1H3. The molecule has 1 atom stereocenters. The van der Waals surface area contributed by atoms with E-state index in [2.05, 4.69) is 38.3 Å². The SMILES string of the molecule is CCC(c1nnnn1Cc1ccc2c(c1)OCO2)N1CCN(C2CCCC2)CC1. The Morgan fingerprint density at radius 3 is 2.66 bits per heavy atom. The molecule has 0 bridgehead atoms. The van der Waals surface area contributed by atoms with E-state index in [1.807, 2.05) is 16.8 Å². The maximum atomic E-state index is 5.51. The van der Waals surface area contributed by atoms with Crippen molar-refractivity contribution in [2.45, 2.75) is 57.7 Å². The van der Waals surface area contributed by atoms with Crippen molar-refractivity contribution in [1.82, 2.24) is 30.0 Å². The van der Waals surface area contributed by atoms with Crippen LogP contribution in [0, 0.1) is 0 Å². The number of piperazine rings is 1. The van der Waals surface area contributed by atoms with Crippen LogP contribution in [-0.2, 0) is 6.54 Å². The quantitative estimate of drug-likeness (QED) is 0.740. The highest BCUT2D eigenvalue weighted by atomic mass is 16.7. The number of rotatable bonds is 6. The lowest BCUT2D eigenvalue weighted by Gasteiger charge is -2.40. The van der Waals surface area contributed by atoms with E-state index in [0.29, 0.717) is 13.3 Å². The van der Waals surface area contributed by atoms with Crippen LogP contribution in [0.3, 0.4) is 0 Å². The number of nitrogens with zero attached hydrogens (tertiary/aromatic N) is 6. The fraction of sp³-hybridized carbons (Fsp3) is 0.667. The summed E-state index contributed by atoms with van der Waals surface area (Å²) in [5.74, 6) is 2.56. The van der Waals surface area contributed by atoms with Crippen molar-refractivity contribution in [1.29, 1.82) is 0 Å². The Kier molecular flexibility index (Phi) is 5.37. The zero-order valence-corrected chi connectivity index (χ0v) is 17.2. The minimum absolute atomic E-state index is 0.254. The molecule has 5 rings (SSSR count). The molecular formula is C21H30N6O2. The number of ether oxygens (including phenoxy) is 2. The molecule has 1 aromatic heterocycles. The summed E-state index contributed by atoms with van der Waals surface area (Å²) in [7, 11) is 0. The first-order chi connectivity index (χ1) is 14.3. The summed E-state index contributed by atoms with van der Waals surface area (Å²) in [5, 5.41) is 12.7. The first kappa shape index (κ1) is 18.8. The lowest BCUT2D eigenvalue weighted by atomic mass is 10.1. The molecule has 1 unspecified atom stereocenters. The van der Waals surface area contributed by atoms with Crippen molar-refractivity contribution in [3.63, 3.8) is 0 Å². The van der Waals surface area contributed by atoms with Gasteiger partial charge in [0.25, 0.3) is 0 Å². The van der Waals surface area contributed by atoms with Gasteiger partial charge in [0.05, 0.1) is 12.6 Å². The number of benzene rings is 1. The normalized spacial score (nSPS) is 21.7. The zero-order valence-electron chi connectivity index (χ0n) is 17.2. The molecule has 0 radical (unpaired) electrons. The lowest BCUT2D eigenvalue weighted by molar-refractivity contribution is 0.0646. The van der Waals surface area contributed by atoms with Crippen LogP contribution >= 0.6 is 0 Å². The first-order valence-electron chi connectivity index (χ1n) is 10.9. The van der Waals surface area contributed by atoms with Gasteiger partial charge in [-0.15, -0.1) is 5.10 Å². The van der Waals surface area contributed by atoms with E-state index in [1.54, 1.807) is 0 Å². The fourth-order valence-electron chi connectivity index (χ4n) is 5.06. The smallest absolute Gasteiger partial charge is 0.231 e. The molecule has 2 fully saturated rings. The van der Waals surface area contributed by atoms with Crippen LogP contribution < -0.4 is 9.47 Å². The summed E-state index contributed by atoms with van der Waals surface area (Å²) in [5.41, 5.74) is 1.11. The van der Waals surface area contributed by atoms with Crippen LogP contribution in [0.2, 0.25) is 0 Å². The second-order valence-corrected chi connectivity index (χ2v) is 8.32. The summed E-state index contributed by atoms with van der Waals surface area (Å²) in [6, 6.07) is 7.11. The minimum atomic E-state index is 0.254. The molecule has 3 heterocycles. The molecule has 0 amide bonds. The largest absolute Gasteiger partial charge is 0.454 e. The molecule has 1 aliphatic carbocycles. The van der Waals surface area contributed by atoms with Crippen molar-refractivity contribution in [2.75, 3.05) is 33.0 Å². The van der Waals surface area contributed by atoms with E-state index in [9.17, 15) is 0 Å². The van der Waals surface area contributed by atoms with Gasteiger partial charge >= 0.3 is 0 Å². The Morgan fingerprint density at radius 2 is 1.86 bits per heavy atom. The molecule has 2 aliphatic heterocycles. The molecule has 1 saturated carbocycles. The molecule has 3 aliphatic rings.